The Morgan fingerprint density at radius 1 is 0.714 bits per heavy atom. The SMILES string of the molecule is COc1ccc(C(c2ccc(OC(=O)C3CCC(C(C)=O)CC3)cc2)(C(F)(F)F)C(F)(F)F)cc1. The molecular weight excluding hydrogens is 478 g/mol. The van der Waals surface area contributed by atoms with Gasteiger partial charge in [0.25, 0.3) is 0 Å². The number of alkyl halides is 6. The molecule has 2 aromatic carbocycles. The van der Waals surface area contributed by atoms with Crippen LogP contribution in [0.4, 0.5) is 26.3 Å². The molecule has 0 amide bonds. The van der Waals surface area contributed by atoms with Crippen LogP contribution in [0.2, 0.25) is 0 Å². The average Bonchev–Trinajstić information content (AvgIpc) is 2.79. The molecule has 0 unspecified atom stereocenters. The zero-order chi connectivity index (χ0) is 26.0. The van der Waals surface area contributed by atoms with Crippen molar-refractivity contribution >= 4 is 11.8 Å². The first-order chi connectivity index (χ1) is 16.3. The van der Waals surface area contributed by atoms with Crippen molar-refractivity contribution in [3.05, 3.63) is 59.7 Å². The second kappa shape index (κ2) is 9.91. The summed E-state index contributed by atoms with van der Waals surface area (Å²) in [5.41, 5.74) is -6.39. The molecular formula is C25H24F6O4. The molecule has 1 aliphatic rings. The first kappa shape index (κ1) is 26.6. The Balaban J connectivity index is 1.90. The zero-order valence-electron chi connectivity index (χ0n) is 19.0. The Labute approximate surface area is 198 Å². The van der Waals surface area contributed by atoms with Gasteiger partial charge >= 0.3 is 18.3 Å². The van der Waals surface area contributed by atoms with Gasteiger partial charge in [-0.1, -0.05) is 24.3 Å². The van der Waals surface area contributed by atoms with E-state index in [0.29, 0.717) is 37.8 Å². The van der Waals surface area contributed by atoms with E-state index in [-0.39, 0.29) is 23.2 Å². The molecule has 35 heavy (non-hydrogen) atoms. The fraction of sp³-hybridized carbons (Fsp3) is 0.440. The van der Waals surface area contributed by atoms with E-state index >= 15 is 0 Å². The number of rotatable bonds is 6. The summed E-state index contributed by atoms with van der Waals surface area (Å²) in [6.07, 6.45) is -9.57. The van der Waals surface area contributed by atoms with Crippen LogP contribution in [0.5, 0.6) is 11.5 Å². The van der Waals surface area contributed by atoms with Crippen molar-refractivity contribution in [1.29, 1.82) is 0 Å². The molecule has 0 radical (unpaired) electrons. The van der Waals surface area contributed by atoms with Crippen molar-refractivity contribution < 1.29 is 45.4 Å². The summed E-state index contributed by atoms with van der Waals surface area (Å²) in [6.45, 7) is 1.48. The van der Waals surface area contributed by atoms with Crippen molar-refractivity contribution in [3.8, 4) is 11.5 Å². The third-order valence-corrected chi connectivity index (χ3v) is 6.51. The topological polar surface area (TPSA) is 52.6 Å². The van der Waals surface area contributed by atoms with Crippen LogP contribution in [0.15, 0.2) is 48.5 Å². The van der Waals surface area contributed by atoms with E-state index in [1.54, 1.807) is 0 Å². The first-order valence-electron chi connectivity index (χ1n) is 10.9. The van der Waals surface area contributed by atoms with E-state index in [0.717, 1.165) is 36.4 Å². The van der Waals surface area contributed by atoms with Crippen LogP contribution >= 0.6 is 0 Å². The molecule has 0 aliphatic heterocycles. The Morgan fingerprint density at radius 2 is 1.11 bits per heavy atom. The molecule has 4 nitrogen and oxygen atoms in total. The molecule has 0 saturated heterocycles. The number of benzene rings is 2. The number of hydrogen-bond acceptors (Lipinski definition) is 4. The largest absolute Gasteiger partial charge is 0.497 e. The summed E-state index contributed by atoms with van der Waals surface area (Å²) in [7, 11) is 1.24. The monoisotopic (exact) mass is 502 g/mol. The minimum Gasteiger partial charge on any atom is -0.497 e. The van der Waals surface area contributed by atoms with Gasteiger partial charge in [-0.2, -0.15) is 26.3 Å². The van der Waals surface area contributed by atoms with E-state index in [4.69, 9.17) is 9.47 Å². The van der Waals surface area contributed by atoms with Gasteiger partial charge in [0.2, 0.25) is 5.41 Å². The minimum atomic E-state index is -5.73. The Hall–Kier alpha value is -3.04. The highest BCUT2D eigenvalue weighted by Gasteiger charge is 2.72. The average molecular weight is 502 g/mol. The van der Waals surface area contributed by atoms with E-state index in [1.165, 1.54) is 14.0 Å². The van der Waals surface area contributed by atoms with Crippen molar-refractivity contribution in [2.24, 2.45) is 11.8 Å². The van der Waals surface area contributed by atoms with Crippen LogP contribution < -0.4 is 9.47 Å². The van der Waals surface area contributed by atoms with Crippen molar-refractivity contribution in [1.82, 2.24) is 0 Å². The van der Waals surface area contributed by atoms with Gasteiger partial charge in [-0.25, -0.2) is 0 Å². The molecule has 0 atom stereocenters. The number of hydrogen-bond donors (Lipinski definition) is 0. The third-order valence-electron chi connectivity index (χ3n) is 6.51. The van der Waals surface area contributed by atoms with E-state index in [2.05, 4.69) is 0 Å². The second-order valence-corrected chi connectivity index (χ2v) is 8.58. The van der Waals surface area contributed by atoms with Crippen molar-refractivity contribution in [2.75, 3.05) is 7.11 Å². The van der Waals surface area contributed by atoms with Gasteiger partial charge < -0.3 is 9.47 Å². The van der Waals surface area contributed by atoms with Crippen LogP contribution in [0, 0.1) is 11.8 Å². The van der Waals surface area contributed by atoms with Crippen molar-refractivity contribution in [2.45, 2.75) is 50.4 Å². The molecule has 0 bridgehead atoms. The standard InChI is InChI=1S/C25H24F6O4/c1-15(32)16-3-5-17(6-4-16)22(33)35-21-13-9-19(10-14-21)23(24(26,27)28,25(29,30)31)18-7-11-20(34-2)12-8-18/h7-14,16-17H,3-6H2,1-2H3. The van der Waals surface area contributed by atoms with Gasteiger partial charge in [0, 0.05) is 5.92 Å². The molecule has 0 spiro atoms. The molecule has 0 N–H and O–H groups in total. The van der Waals surface area contributed by atoms with Crippen LogP contribution in [0.25, 0.3) is 0 Å². The highest BCUT2D eigenvalue weighted by atomic mass is 19.4. The molecule has 1 saturated carbocycles. The lowest BCUT2D eigenvalue weighted by Gasteiger charge is -2.38. The van der Waals surface area contributed by atoms with Gasteiger partial charge in [-0.05, 0) is 68.0 Å². The van der Waals surface area contributed by atoms with Gasteiger partial charge in [0.05, 0.1) is 13.0 Å². The summed E-state index contributed by atoms with van der Waals surface area (Å²) in [4.78, 5) is 23.9. The van der Waals surface area contributed by atoms with Gasteiger partial charge in [-0.3, -0.25) is 9.59 Å². The van der Waals surface area contributed by atoms with Gasteiger partial charge in [0.15, 0.2) is 0 Å². The minimum absolute atomic E-state index is 0.0436. The Kier molecular flexibility index (Phi) is 7.52. The number of methoxy groups -OCH3 is 1. The molecule has 0 aromatic heterocycles. The fourth-order valence-corrected chi connectivity index (χ4v) is 4.53. The normalized spacial score (nSPS) is 19.2. The van der Waals surface area contributed by atoms with E-state index in [9.17, 15) is 35.9 Å². The summed E-state index contributed by atoms with van der Waals surface area (Å²) in [5.74, 6) is -1.26. The van der Waals surface area contributed by atoms with Crippen LogP contribution in [-0.4, -0.2) is 31.2 Å². The smallest absolute Gasteiger partial charge is 0.411 e. The number of carbonyl (C=O) groups is 2. The number of Topliss-reactive ketones (excluding diaryl/α,β-unsaturated/α-hetero) is 1. The summed E-state index contributed by atoms with van der Waals surface area (Å²) >= 11 is 0. The van der Waals surface area contributed by atoms with Gasteiger partial charge in [-0.15, -0.1) is 0 Å². The summed E-state index contributed by atoms with van der Waals surface area (Å²) < 4.78 is 95.3. The second-order valence-electron chi connectivity index (χ2n) is 8.58. The highest BCUT2D eigenvalue weighted by molar-refractivity contribution is 5.79. The predicted octanol–water partition coefficient (Wildman–Crippen LogP) is 6.41. The maximum Gasteiger partial charge on any atom is 0.411 e. The Bertz CT molecular complexity index is 1020. The molecule has 1 aliphatic carbocycles. The maximum absolute atomic E-state index is 14.2. The summed E-state index contributed by atoms with van der Waals surface area (Å²) in [5, 5.41) is 0. The van der Waals surface area contributed by atoms with Crippen LogP contribution in [0.1, 0.15) is 43.7 Å². The van der Waals surface area contributed by atoms with E-state index in [1.807, 2.05) is 0 Å². The molecule has 3 rings (SSSR count). The number of carbonyl (C=O) groups excluding carboxylic acids is 2. The predicted molar refractivity (Wildman–Crippen MR) is 114 cm³/mol. The zero-order valence-corrected chi connectivity index (χ0v) is 19.0. The van der Waals surface area contributed by atoms with Gasteiger partial charge in [0.1, 0.15) is 17.3 Å². The lowest BCUT2D eigenvalue weighted by Crippen LogP contribution is -2.54. The lowest BCUT2D eigenvalue weighted by atomic mass is 9.73. The maximum atomic E-state index is 14.2. The Morgan fingerprint density at radius 3 is 1.49 bits per heavy atom. The first-order valence-corrected chi connectivity index (χ1v) is 10.9. The number of halogens is 6. The third kappa shape index (κ3) is 5.16. The highest BCUT2D eigenvalue weighted by Crippen LogP contribution is 2.56. The fourth-order valence-electron chi connectivity index (χ4n) is 4.53. The number of ether oxygens (including phenoxy) is 2. The molecule has 1 fully saturated rings. The summed E-state index contributed by atoms with van der Waals surface area (Å²) in [6, 6.07) is 6.68. The van der Waals surface area contributed by atoms with Crippen LogP contribution in [-0.2, 0) is 15.0 Å². The molecule has 190 valence electrons. The molecule has 2 aromatic rings. The van der Waals surface area contributed by atoms with Crippen molar-refractivity contribution in [3.63, 3.8) is 0 Å². The number of ketones is 1. The molecule has 0 heterocycles. The van der Waals surface area contributed by atoms with Crippen LogP contribution in [0.3, 0.4) is 0 Å². The molecule has 10 heteroatoms. The quantitative estimate of drug-likeness (QED) is 0.260. The van der Waals surface area contributed by atoms with E-state index < -0.39 is 40.8 Å². The lowest BCUT2D eigenvalue weighted by molar-refractivity contribution is -0.288. The number of esters is 1.